The standard InChI is InChI=1S/C19H22N2O5S/c1-27(24,25)18-12-16(21(22)23)9-10-17(18)20-13-15-8-5-11-26-19(15)14-6-3-2-4-7-14/h2-4,6-7,9-10,12,15,19-20H,5,8,11,13H2,1H3. The summed E-state index contributed by atoms with van der Waals surface area (Å²) in [5, 5.41) is 14.1. The Bertz CT molecular complexity index is 915. The molecule has 1 aliphatic rings. The minimum absolute atomic E-state index is 0.0628. The molecule has 3 rings (SSSR count). The molecule has 0 amide bonds. The van der Waals surface area contributed by atoms with E-state index in [1.165, 1.54) is 12.1 Å². The molecule has 8 heteroatoms. The molecular formula is C19H22N2O5S. The van der Waals surface area contributed by atoms with E-state index in [2.05, 4.69) is 5.32 Å². The topological polar surface area (TPSA) is 98.5 Å². The number of non-ortho nitro benzene ring substituents is 1. The van der Waals surface area contributed by atoms with Gasteiger partial charge in [0.25, 0.3) is 5.69 Å². The van der Waals surface area contributed by atoms with Crippen molar-refractivity contribution in [2.45, 2.75) is 23.8 Å². The van der Waals surface area contributed by atoms with Gasteiger partial charge in [-0.15, -0.1) is 0 Å². The predicted octanol–water partition coefficient (Wildman–Crippen LogP) is 3.58. The van der Waals surface area contributed by atoms with Crippen LogP contribution >= 0.6 is 0 Å². The lowest BCUT2D eigenvalue weighted by molar-refractivity contribution is -0.385. The number of nitro groups is 1. The number of nitro benzene ring substituents is 1. The van der Waals surface area contributed by atoms with Gasteiger partial charge in [-0.3, -0.25) is 10.1 Å². The maximum absolute atomic E-state index is 12.1. The van der Waals surface area contributed by atoms with E-state index in [-0.39, 0.29) is 22.6 Å². The van der Waals surface area contributed by atoms with Crippen LogP contribution in [-0.2, 0) is 14.6 Å². The number of benzene rings is 2. The van der Waals surface area contributed by atoms with Crippen LogP contribution in [0.3, 0.4) is 0 Å². The molecule has 0 radical (unpaired) electrons. The maximum atomic E-state index is 12.1. The highest BCUT2D eigenvalue weighted by molar-refractivity contribution is 7.90. The number of ether oxygens (including phenoxy) is 1. The summed E-state index contributed by atoms with van der Waals surface area (Å²) in [4.78, 5) is 10.3. The van der Waals surface area contributed by atoms with E-state index in [4.69, 9.17) is 4.74 Å². The average molecular weight is 390 g/mol. The highest BCUT2D eigenvalue weighted by Crippen LogP contribution is 2.34. The Kier molecular flexibility index (Phi) is 5.76. The number of anilines is 1. The summed E-state index contributed by atoms with van der Waals surface area (Å²) in [5.41, 5.74) is 1.22. The number of nitrogens with one attached hydrogen (secondary N) is 1. The molecule has 7 nitrogen and oxygen atoms in total. The van der Waals surface area contributed by atoms with Crippen LogP contribution in [0.2, 0.25) is 0 Å². The van der Waals surface area contributed by atoms with E-state index in [1.54, 1.807) is 0 Å². The summed E-state index contributed by atoms with van der Waals surface area (Å²) in [6.07, 6.45) is 2.88. The summed E-state index contributed by atoms with van der Waals surface area (Å²) in [6.45, 7) is 1.21. The number of rotatable bonds is 6. The summed E-state index contributed by atoms with van der Waals surface area (Å²) in [6, 6.07) is 13.8. The number of hydrogen-bond acceptors (Lipinski definition) is 6. The van der Waals surface area contributed by atoms with Gasteiger partial charge in [0.2, 0.25) is 0 Å². The molecule has 144 valence electrons. The number of sulfone groups is 1. The first-order chi connectivity index (χ1) is 12.9. The molecule has 2 unspecified atom stereocenters. The van der Waals surface area contributed by atoms with Crippen molar-refractivity contribution in [1.82, 2.24) is 0 Å². The monoisotopic (exact) mass is 390 g/mol. The second-order valence-electron chi connectivity index (χ2n) is 6.70. The minimum Gasteiger partial charge on any atom is -0.384 e. The van der Waals surface area contributed by atoms with Gasteiger partial charge < -0.3 is 10.1 Å². The van der Waals surface area contributed by atoms with Gasteiger partial charge in [-0.1, -0.05) is 30.3 Å². The molecule has 2 atom stereocenters. The fourth-order valence-corrected chi connectivity index (χ4v) is 4.26. The number of nitrogens with zero attached hydrogens (tertiary/aromatic N) is 1. The first-order valence-corrected chi connectivity index (χ1v) is 10.6. The van der Waals surface area contributed by atoms with E-state index in [0.29, 0.717) is 18.8 Å². The van der Waals surface area contributed by atoms with Crippen molar-refractivity contribution >= 4 is 21.2 Å². The van der Waals surface area contributed by atoms with Crippen LogP contribution < -0.4 is 5.32 Å². The molecule has 1 heterocycles. The average Bonchev–Trinajstić information content (AvgIpc) is 2.66. The van der Waals surface area contributed by atoms with Crippen LogP contribution in [0, 0.1) is 16.0 Å². The Morgan fingerprint density at radius 1 is 1.22 bits per heavy atom. The van der Waals surface area contributed by atoms with Crippen LogP contribution in [-0.4, -0.2) is 32.7 Å². The molecule has 0 aromatic heterocycles. The molecule has 2 aromatic rings. The summed E-state index contributed by atoms with van der Waals surface area (Å²) in [5.74, 6) is 0.170. The van der Waals surface area contributed by atoms with E-state index in [9.17, 15) is 18.5 Å². The predicted molar refractivity (Wildman–Crippen MR) is 103 cm³/mol. The molecular weight excluding hydrogens is 368 g/mol. The Balaban J connectivity index is 1.82. The lowest BCUT2D eigenvalue weighted by Gasteiger charge is -2.32. The van der Waals surface area contributed by atoms with Crippen molar-refractivity contribution in [3.8, 4) is 0 Å². The zero-order chi connectivity index (χ0) is 19.4. The van der Waals surface area contributed by atoms with Crippen LogP contribution in [0.25, 0.3) is 0 Å². The van der Waals surface area contributed by atoms with Gasteiger partial charge in [0.1, 0.15) is 0 Å². The van der Waals surface area contributed by atoms with Crippen molar-refractivity contribution in [1.29, 1.82) is 0 Å². The Morgan fingerprint density at radius 2 is 1.96 bits per heavy atom. The third kappa shape index (κ3) is 4.64. The lowest BCUT2D eigenvalue weighted by Crippen LogP contribution is -2.28. The molecule has 1 aliphatic heterocycles. The van der Waals surface area contributed by atoms with Gasteiger partial charge in [0, 0.05) is 37.5 Å². The summed E-state index contributed by atoms with van der Waals surface area (Å²) >= 11 is 0. The van der Waals surface area contributed by atoms with Gasteiger partial charge in [-0.05, 0) is 24.5 Å². The summed E-state index contributed by atoms with van der Waals surface area (Å²) in [7, 11) is -3.61. The lowest BCUT2D eigenvalue weighted by atomic mass is 9.89. The van der Waals surface area contributed by atoms with Crippen molar-refractivity contribution in [2.24, 2.45) is 5.92 Å². The molecule has 1 saturated heterocycles. The third-order valence-corrected chi connectivity index (χ3v) is 5.84. The minimum atomic E-state index is -3.61. The second-order valence-corrected chi connectivity index (χ2v) is 8.68. The molecule has 0 saturated carbocycles. The molecule has 1 N–H and O–H groups in total. The molecule has 27 heavy (non-hydrogen) atoms. The van der Waals surface area contributed by atoms with Gasteiger partial charge in [-0.2, -0.15) is 0 Å². The van der Waals surface area contributed by atoms with E-state index in [1.807, 2.05) is 30.3 Å². The molecule has 1 fully saturated rings. The molecule has 0 bridgehead atoms. The van der Waals surface area contributed by atoms with Crippen LogP contribution in [0.1, 0.15) is 24.5 Å². The van der Waals surface area contributed by atoms with Crippen molar-refractivity contribution in [2.75, 3.05) is 24.7 Å². The van der Waals surface area contributed by atoms with Gasteiger partial charge in [0.05, 0.1) is 21.6 Å². The number of hydrogen-bond donors (Lipinski definition) is 1. The normalized spacial score (nSPS) is 20.2. The van der Waals surface area contributed by atoms with Crippen LogP contribution in [0.15, 0.2) is 53.4 Å². The molecule has 0 spiro atoms. The Labute approximate surface area is 158 Å². The van der Waals surface area contributed by atoms with Crippen LogP contribution in [0.5, 0.6) is 0 Å². The van der Waals surface area contributed by atoms with Gasteiger partial charge >= 0.3 is 0 Å². The maximum Gasteiger partial charge on any atom is 0.270 e. The SMILES string of the molecule is CS(=O)(=O)c1cc([N+](=O)[O-])ccc1NCC1CCCOC1c1ccccc1. The van der Waals surface area contributed by atoms with Gasteiger partial charge in [0.15, 0.2) is 9.84 Å². The van der Waals surface area contributed by atoms with Crippen LogP contribution in [0.4, 0.5) is 11.4 Å². The zero-order valence-corrected chi connectivity index (χ0v) is 15.8. The smallest absolute Gasteiger partial charge is 0.270 e. The fraction of sp³-hybridized carbons (Fsp3) is 0.368. The van der Waals surface area contributed by atoms with Gasteiger partial charge in [-0.25, -0.2) is 8.42 Å². The quantitative estimate of drug-likeness (QED) is 0.598. The largest absolute Gasteiger partial charge is 0.384 e. The van der Waals surface area contributed by atoms with Crippen molar-refractivity contribution in [3.05, 3.63) is 64.2 Å². The highest BCUT2D eigenvalue weighted by Gasteiger charge is 2.28. The zero-order valence-electron chi connectivity index (χ0n) is 15.0. The first-order valence-electron chi connectivity index (χ1n) is 8.75. The Hall–Kier alpha value is -2.45. The second kappa shape index (κ2) is 8.06. The highest BCUT2D eigenvalue weighted by atomic mass is 32.2. The third-order valence-electron chi connectivity index (χ3n) is 4.70. The van der Waals surface area contributed by atoms with Crippen molar-refractivity contribution in [3.63, 3.8) is 0 Å². The van der Waals surface area contributed by atoms with E-state index in [0.717, 1.165) is 30.7 Å². The molecule has 0 aliphatic carbocycles. The summed E-state index contributed by atoms with van der Waals surface area (Å²) < 4.78 is 30.1. The van der Waals surface area contributed by atoms with E-state index >= 15 is 0 Å². The fourth-order valence-electron chi connectivity index (χ4n) is 3.38. The molecule has 2 aromatic carbocycles. The Morgan fingerprint density at radius 3 is 2.63 bits per heavy atom. The van der Waals surface area contributed by atoms with E-state index < -0.39 is 14.8 Å². The van der Waals surface area contributed by atoms with Crippen molar-refractivity contribution < 1.29 is 18.1 Å². The first kappa shape index (κ1) is 19.3.